The summed E-state index contributed by atoms with van der Waals surface area (Å²) >= 11 is 1.19. The van der Waals surface area contributed by atoms with Gasteiger partial charge in [0.15, 0.2) is 9.84 Å². The first-order valence-electron chi connectivity index (χ1n) is 7.56. The second-order valence-corrected chi connectivity index (χ2v) is 8.30. The second-order valence-electron chi connectivity index (χ2n) is 5.19. The summed E-state index contributed by atoms with van der Waals surface area (Å²) in [5, 5.41) is 13.7. The number of carbonyl (C=O) groups is 2. The summed E-state index contributed by atoms with van der Waals surface area (Å²) in [6.45, 7) is -0.740. The molecule has 140 valence electrons. The molecule has 0 radical (unpaired) electrons. The Kier molecular flexibility index (Phi) is 6.83. The first-order valence-corrected chi connectivity index (χ1v) is 9.98. The van der Waals surface area contributed by atoms with Gasteiger partial charge in [0, 0.05) is 18.0 Å². The van der Waals surface area contributed by atoms with E-state index in [0.717, 1.165) is 24.3 Å². The lowest BCUT2D eigenvalue weighted by Gasteiger charge is -2.17. The molecular weight excluding hydrogens is 383 g/mol. The number of hydrogen-bond acceptors (Lipinski definition) is 6. The van der Waals surface area contributed by atoms with Crippen molar-refractivity contribution in [3.05, 3.63) is 52.5 Å². The van der Waals surface area contributed by atoms with E-state index in [9.17, 15) is 22.4 Å². The van der Waals surface area contributed by atoms with E-state index in [1.54, 1.807) is 17.5 Å². The quantitative estimate of drug-likeness (QED) is 0.466. The Hall–Kier alpha value is -2.30. The standard InChI is InChI=1S/C16H17FN2O5S2/c17-11-3-5-12(6-4-11)26(23,24)14(13-2-1-9-25-13)10-19-16(22)15(21)18-7-8-20/h1-6,9,14,20H,7-8,10H2,(H,18,21)(H,19,22). The molecule has 3 N–H and O–H groups in total. The highest BCUT2D eigenvalue weighted by Gasteiger charge is 2.31. The van der Waals surface area contributed by atoms with Gasteiger partial charge < -0.3 is 15.7 Å². The monoisotopic (exact) mass is 400 g/mol. The third-order valence-corrected chi connectivity index (χ3v) is 6.66. The second kappa shape index (κ2) is 8.88. The van der Waals surface area contributed by atoms with Gasteiger partial charge in [-0.3, -0.25) is 9.59 Å². The van der Waals surface area contributed by atoms with E-state index in [0.29, 0.717) is 4.88 Å². The summed E-state index contributed by atoms with van der Waals surface area (Å²) in [5.74, 6) is -2.54. The largest absolute Gasteiger partial charge is 0.395 e. The number of amides is 2. The normalized spacial score (nSPS) is 12.4. The Balaban J connectivity index is 2.21. The molecule has 0 bridgehead atoms. The van der Waals surface area contributed by atoms with Gasteiger partial charge >= 0.3 is 11.8 Å². The molecule has 1 heterocycles. The van der Waals surface area contributed by atoms with Crippen LogP contribution in [0.4, 0.5) is 4.39 Å². The van der Waals surface area contributed by atoms with Crippen molar-refractivity contribution in [2.24, 2.45) is 0 Å². The molecule has 2 rings (SSSR count). The molecule has 7 nitrogen and oxygen atoms in total. The van der Waals surface area contributed by atoms with Gasteiger partial charge in [0.1, 0.15) is 11.1 Å². The Labute approximate surface area is 153 Å². The van der Waals surface area contributed by atoms with Crippen molar-refractivity contribution in [3.8, 4) is 0 Å². The first-order chi connectivity index (χ1) is 12.4. The van der Waals surface area contributed by atoms with Crippen LogP contribution in [0.15, 0.2) is 46.7 Å². The van der Waals surface area contributed by atoms with Gasteiger partial charge in [0.25, 0.3) is 0 Å². The van der Waals surface area contributed by atoms with E-state index in [1.807, 2.05) is 0 Å². The molecule has 10 heteroatoms. The van der Waals surface area contributed by atoms with Gasteiger partial charge in [-0.1, -0.05) is 6.07 Å². The highest BCUT2D eigenvalue weighted by Crippen LogP contribution is 2.31. The number of aliphatic hydroxyl groups excluding tert-OH is 1. The van der Waals surface area contributed by atoms with Crippen LogP contribution in [-0.4, -0.2) is 45.0 Å². The zero-order valence-electron chi connectivity index (χ0n) is 13.5. The Bertz CT molecular complexity index is 851. The van der Waals surface area contributed by atoms with Crippen LogP contribution in [0.1, 0.15) is 10.1 Å². The lowest BCUT2D eigenvalue weighted by Crippen LogP contribution is -2.43. The number of benzene rings is 1. The van der Waals surface area contributed by atoms with Gasteiger partial charge in [-0.05, 0) is 35.7 Å². The van der Waals surface area contributed by atoms with Crippen LogP contribution >= 0.6 is 11.3 Å². The fourth-order valence-corrected chi connectivity index (χ4v) is 4.93. The van der Waals surface area contributed by atoms with Gasteiger partial charge in [-0.2, -0.15) is 0 Å². The molecule has 1 aromatic carbocycles. The number of nitrogens with one attached hydrogen (secondary N) is 2. The molecule has 0 saturated heterocycles. The van der Waals surface area contributed by atoms with Crippen LogP contribution in [0.2, 0.25) is 0 Å². The van der Waals surface area contributed by atoms with Crippen LogP contribution in [0.3, 0.4) is 0 Å². The SMILES string of the molecule is O=C(NCCO)C(=O)NCC(c1cccs1)S(=O)(=O)c1ccc(F)cc1. The number of carbonyl (C=O) groups excluding carboxylic acids is 2. The molecule has 2 amide bonds. The zero-order chi connectivity index (χ0) is 19.2. The van der Waals surface area contributed by atoms with E-state index in [2.05, 4.69) is 10.6 Å². The molecule has 0 aliphatic heterocycles. The summed E-state index contributed by atoms with van der Waals surface area (Å²) in [5.41, 5.74) is 0. The van der Waals surface area contributed by atoms with Crippen molar-refractivity contribution in [1.82, 2.24) is 10.6 Å². The summed E-state index contributed by atoms with van der Waals surface area (Å²) in [4.78, 5) is 23.7. The lowest BCUT2D eigenvalue weighted by molar-refractivity contribution is -0.139. The summed E-state index contributed by atoms with van der Waals surface area (Å²) in [6.07, 6.45) is 0. The van der Waals surface area contributed by atoms with Crippen LogP contribution in [0, 0.1) is 5.82 Å². The first kappa shape index (κ1) is 20.0. The fourth-order valence-electron chi connectivity index (χ4n) is 2.14. The third-order valence-electron chi connectivity index (χ3n) is 3.43. The Morgan fingerprint density at radius 2 is 1.77 bits per heavy atom. The molecule has 26 heavy (non-hydrogen) atoms. The highest BCUT2D eigenvalue weighted by molar-refractivity contribution is 7.91. The molecule has 0 fully saturated rings. The topological polar surface area (TPSA) is 113 Å². The maximum Gasteiger partial charge on any atom is 0.309 e. The third kappa shape index (κ3) is 4.87. The predicted molar refractivity (Wildman–Crippen MR) is 93.8 cm³/mol. The van der Waals surface area contributed by atoms with Gasteiger partial charge in [-0.15, -0.1) is 11.3 Å². The minimum atomic E-state index is -3.92. The van der Waals surface area contributed by atoms with Crippen molar-refractivity contribution in [2.75, 3.05) is 19.7 Å². The minimum Gasteiger partial charge on any atom is -0.395 e. The molecule has 0 spiro atoms. The molecule has 0 aliphatic carbocycles. The van der Waals surface area contributed by atoms with Gasteiger partial charge in [0.2, 0.25) is 0 Å². The smallest absolute Gasteiger partial charge is 0.309 e. The van der Waals surface area contributed by atoms with E-state index in [4.69, 9.17) is 5.11 Å². The van der Waals surface area contributed by atoms with Crippen LogP contribution < -0.4 is 10.6 Å². The van der Waals surface area contributed by atoms with Crippen molar-refractivity contribution >= 4 is 33.0 Å². The van der Waals surface area contributed by atoms with E-state index in [-0.39, 0.29) is 24.6 Å². The molecule has 1 atom stereocenters. The fraction of sp³-hybridized carbons (Fsp3) is 0.250. The minimum absolute atomic E-state index is 0.0868. The van der Waals surface area contributed by atoms with Crippen LogP contribution in [0.25, 0.3) is 0 Å². The zero-order valence-corrected chi connectivity index (χ0v) is 15.1. The number of thiophene rings is 1. The molecule has 1 aromatic heterocycles. The Morgan fingerprint density at radius 3 is 2.35 bits per heavy atom. The number of halogens is 1. The van der Waals surface area contributed by atoms with E-state index in [1.165, 1.54) is 11.3 Å². The van der Waals surface area contributed by atoms with Crippen molar-refractivity contribution < 1.29 is 27.5 Å². The summed E-state index contributed by atoms with van der Waals surface area (Å²) in [7, 11) is -3.92. The van der Waals surface area contributed by atoms with E-state index < -0.39 is 32.7 Å². The highest BCUT2D eigenvalue weighted by atomic mass is 32.2. The van der Waals surface area contributed by atoms with Gasteiger partial charge in [-0.25, -0.2) is 12.8 Å². The number of rotatable bonds is 7. The Morgan fingerprint density at radius 1 is 1.12 bits per heavy atom. The number of aliphatic hydroxyl groups is 1. The molecule has 1 unspecified atom stereocenters. The average molecular weight is 400 g/mol. The van der Waals surface area contributed by atoms with Crippen molar-refractivity contribution in [3.63, 3.8) is 0 Å². The van der Waals surface area contributed by atoms with Crippen molar-refractivity contribution in [2.45, 2.75) is 10.1 Å². The van der Waals surface area contributed by atoms with Gasteiger partial charge in [0.05, 0.1) is 11.5 Å². The lowest BCUT2D eigenvalue weighted by atomic mass is 10.3. The number of hydrogen-bond donors (Lipinski definition) is 3. The number of sulfone groups is 1. The summed E-state index contributed by atoms with van der Waals surface area (Å²) in [6, 6.07) is 7.66. The summed E-state index contributed by atoms with van der Waals surface area (Å²) < 4.78 is 38.9. The molecule has 0 aliphatic rings. The predicted octanol–water partition coefficient (Wildman–Crippen LogP) is 0.627. The maximum atomic E-state index is 13.1. The van der Waals surface area contributed by atoms with Crippen LogP contribution in [-0.2, 0) is 19.4 Å². The molecule has 0 saturated carbocycles. The van der Waals surface area contributed by atoms with Crippen molar-refractivity contribution in [1.29, 1.82) is 0 Å². The average Bonchev–Trinajstić information content (AvgIpc) is 3.14. The van der Waals surface area contributed by atoms with Crippen LogP contribution in [0.5, 0.6) is 0 Å². The molecule has 2 aromatic rings. The molecular formula is C16H17FN2O5S2. The maximum absolute atomic E-state index is 13.1. The van der Waals surface area contributed by atoms with E-state index >= 15 is 0 Å².